The molecule has 1 atom stereocenters. The van der Waals surface area contributed by atoms with Crippen molar-refractivity contribution in [3.63, 3.8) is 0 Å². The molecule has 1 aromatic carbocycles. The van der Waals surface area contributed by atoms with E-state index in [9.17, 15) is 13.6 Å². The normalized spacial score (nSPS) is 11.8. The molecule has 9 heteroatoms. The Morgan fingerprint density at radius 2 is 2.04 bits per heavy atom. The summed E-state index contributed by atoms with van der Waals surface area (Å²) in [6, 6.07) is 6.60. The molecule has 0 saturated carbocycles. The van der Waals surface area contributed by atoms with Gasteiger partial charge in [0.05, 0.1) is 10.9 Å². The van der Waals surface area contributed by atoms with Crippen molar-refractivity contribution in [1.29, 1.82) is 0 Å². The van der Waals surface area contributed by atoms with E-state index < -0.39 is 22.8 Å². The number of rotatable bonds is 7. The molecular weight excluding hydrogens is 384 g/mol. The number of thioether (sulfide) groups is 1. The van der Waals surface area contributed by atoms with Gasteiger partial charge >= 0.3 is 0 Å². The first-order valence-corrected chi connectivity index (χ1v) is 9.24. The highest BCUT2D eigenvalue weighted by Crippen LogP contribution is 2.27. The van der Waals surface area contributed by atoms with Crippen LogP contribution in [0, 0.1) is 11.6 Å². The number of hydrogen-bond donors (Lipinski definition) is 1. The highest BCUT2D eigenvalue weighted by atomic mass is 32.2. The summed E-state index contributed by atoms with van der Waals surface area (Å²) in [6.07, 6.45) is 5.02. The fourth-order valence-electron chi connectivity index (χ4n) is 2.42. The highest BCUT2D eigenvalue weighted by Gasteiger charge is 2.21. The average molecular weight is 401 g/mol. The van der Waals surface area contributed by atoms with E-state index >= 15 is 0 Å². The lowest BCUT2D eigenvalue weighted by molar-refractivity contribution is -0.115. The zero-order valence-electron chi connectivity index (χ0n) is 15.0. The SMILES string of the molecule is C=CCn1c(S[C@H](C)C(=O)Nc2ccc(F)cc2F)nnc1-c1ccncc1. The monoisotopic (exact) mass is 401 g/mol. The molecule has 0 aliphatic rings. The van der Waals surface area contributed by atoms with E-state index in [1.165, 1.54) is 17.8 Å². The Morgan fingerprint density at radius 3 is 2.71 bits per heavy atom. The van der Waals surface area contributed by atoms with E-state index in [1.807, 2.05) is 16.7 Å². The van der Waals surface area contributed by atoms with Gasteiger partial charge in [-0.05, 0) is 31.2 Å². The Kier molecular flexibility index (Phi) is 6.15. The first-order chi connectivity index (χ1) is 13.5. The van der Waals surface area contributed by atoms with Crippen LogP contribution in [-0.4, -0.2) is 30.9 Å². The average Bonchev–Trinajstić information content (AvgIpc) is 3.07. The maximum absolute atomic E-state index is 13.8. The van der Waals surface area contributed by atoms with E-state index in [1.54, 1.807) is 25.4 Å². The summed E-state index contributed by atoms with van der Waals surface area (Å²) in [5, 5.41) is 10.8. The van der Waals surface area contributed by atoms with Gasteiger partial charge in [-0.3, -0.25) is 14.3 Å². The standard InChI is InChI=1S/C19H17F2N5OS/c1-3-10-26-17(13-6-8-22-9-7-13)24-25-19(26)28-12(2)18(27)23-16-5-4-14(20)11-15(16)21/h3-9,11-12H,1,10H2,2H3,(H,23,27)/t12-/m1/s1. The maximum atomic E-state index is 13.8. The van der Waals surface area contributed by atoms with Crippen molar-refractivity contribution in [2.24, 2.45) is 0 Å². The second kappa shape index (κ2) is 8.75. The Balaban J connectivity index is 1.78. The summed E-state index contributed by atoms with van der Waals surface area (Å²) in [6.45, 7) is 5.87. The van der Waals surface area contributed by atoms with E-state index in [0.29, 0.717) is 17.5 Å². The summed E-state index contributed by atoms with van der Waals surface area (Å²) < 4.78 is 28.6. The van der Waals surface area contributed by atoms with Gasteiger partial charge < -0.3 is 5.32 Å². The fourth-order valence-corrected chi connectivity index (χ4v) is 3.28. The number of anilines is 1. The van der Waals surface area contributed by atoms with Crippen LogP contribution in [0.1, 0.15) is 6.92 Å². The summed E-state index contributed by atoms with van der Waals surface area (Å²) in [5.74, 6) is -1.35. The largest absolute Gasteiger partial charge is 0.323 e. The summed E-state index contributed by atoms with van der Waals surface area (Å²) in [4.78, 5) is 16.4. The second-order valence-electron chi connectivity index (χ2n) is 5.81. The molecular formula is C19H17F2N5OS. The fraction of sp³-hybridized carbons (Fsp3) is 0.158. The molecule has 6 nitrogen and oxygen atoms in total. The Bertz CT molecular complexity index is 993. The molecule has 1 amide bonds. The van der Waals surface area contributed by atoms with Gasteiger partial charge in [-0.25, -0.2) is 8.78 Å². The predicted molar refractivity (Wildman–Crippen MR) is 104 cm³/mol. The number of aromatic nitrogens is 4. The summed E-state index contributed by atoms with van der Waals surface area (Å²) in [7, 11) is 0. The summed E-state index contributed by atoms with van der Waals surface area (Å²) >= 11 is 1.18. The van der Waals surface area contributed by atoms with Gasteiger partial charge in [0.1, 0.15) is 11.6 Å². The third-order valence-corrected chi connectivity index (χ3v) is 4.89. The van der Waals surface area contributed by atoms with Crippen LogP contribution in [0.3, 0.4) is 0 Å². The molecule has 0 fully saturated rings. The summed E-state index contributed by atoms with van der Waals surface area (Å²) in [5.41, 5.74) is 0.755. The molecule has 0 aliphatic heterocycles. The number of nitrogens with zero attached hydrogens (tertiary/aromatic N) is 4. The van der Waals surface area contributed by atoms with E-state index in [2.05, 4.69) is 27.1 Å². The minimum atomic E-state index is -0.833. The van der Waals surface area contributed by atoms with Crippen molar-refractivity contribution in [2.45, 2.75) is 23.9 Å². The lowest BCUT2D eigenvalue weighted by atomic mass is 10.2. The lowest BCUT2D eigenvalue weighted by Crippen LogP contribution is -2.23. The number of halogens is 2. The minimum absolute atomic E-state index is 0.0797. The predicted octanol–water partition coefficient (Wildman–Crippen LogP) is 3.92. The Labute approximate surface area is 164 Å². The van der Waals surface area contributed by atoms with Gasteiger partial charge in [-0.1, -0.05) is 17.8 Å². The van der Waals surface area contributed by atoms with Crippen molar-refractivity contribution < 1.29 is 13.6 Å². The van der Waals surface area contributed by atoms with Crippen LogP contribution < -0.4 is 5.32 Å². The van der Waals surface area contributed by atoms with Crippen molar-refractivity contribution in [1.82, 2.24) is 19.7 Å². The molecule has 144 valence electrons. The number of pyridine rings is 1. The first kappa shape index (κ1) is 19.7. The highest BCUT2D eigenvalue weighted by molar-refractivity contribution is 8.00. The third kappa shape index (κ3) is 4.42. The number of nitrogens with one attached hydrogen (secondary N) is 1. The van der Waals surface area contributed by atoms with Crippen LogP contribution in [0.15, 0.2) is 60.5 Å². The van der Waals surface area contributed by atoms with Crippen LogP contribution >= 0.6 is 11.8 Å². The number of allylic oxidation sites excluding steroid dienone is 1. The second-order valence-corrected chi connectivity index (χ2v) is 7.12. The quantitative estimate of drug-likeness (QED) is 0.480. The zero-order chi connectivity index (χ0) is 20.1. The lowest BCUT2D eigenvalue weighted by Gasteiger charge is -2.13. The van der Waals surface area contributed by atoms with Gasteiger partial charge in [-0.15, -0.1) is 16.8 Å². The van der Waals surface area contributed by atoms with Crippen LogP contribution in [0.25, 0.3) is 11.4 Å². The Morgan fingerprint density at radius 1 is 1.29 bits per heavy atom. The third-order valence-electron chi connectivity index (χ3n) is 3.81. The van der Waals surface area contributed by atoms with E-state index in [-0.39, 0.29) is 5.69 Å². The molecule has 0 spiro atoms. The van der Waals surface area contributed by atoms with Crippen LogP contribution in [0.4, 0.5) is 14.5 Å². The van der Waals surface area contributed by atoms with Gasteiger partial charge in [-0.2, -0.15) is 0 Å². The van der Waals surface area contributed by atoms with Gasteiger partial charge in [0.25, 0.3) is 0 Å². The molecule has 0 bridgehead atoms. The van der Waals surface area contributed by atoms with Gasteiger partial charge in [0.15, 0.2) is 11.0 Å². The number of carbonyl (C=O) groups is 1. The number of carbonyl (C=O) groups excluding carboxylic acids is 1. The number of benzene rings is 1. The molecule has 0 aliphatic carbocycles. The zero-order valence-corrected chi connectivity index (χ0v) is 15.8. The van der Waals surface area contributed by atoms with Gasteiger partial charge in [0, 0.05) is 30.6 Å². The van der Waals surface area contributed by atoms with Gasteiger partial charge in [0.2, 0.25) is 5.91 Å². The molecule has 2 aromatic heterocycles. The maximum Gasteiger partial charge on any atom is 0.237 e. The van der Waals surface area contributed by atoms with Crippen LogP contribution in [0.2, 0.25) is 0 Å². The first-order valence-electron chi connectivity index (χ1n) is 8.36. The smallest absolute Gasteiger partial charge is 0.237 e. The molecule has 28 heavy (non-hydrogen) atoms. The van der Waals surface area contributed by atoms with Crippen molar-refractivity contribution in [2.75, 3.05) is 5.32 Å². The van der Waals surface area contributed by atoms with Crippen molar-refractivity contribution in [3.8, 4) is 11.4 Å². The molecule has 0 radical (unpaired) electrons. The number of hydrogen-bond acceptors (Lipinski definition) is 5. The van der Waals surface area contributed by atoms with Crippen molar-refractivity contribution in [3.05, 3.63) is 67.0 Å². The van der Waals surface area contributed by atoms with Crippen LogP contribution in [0.5, 0.6) is 0 Å². The van der Waals surface area contributed by atoms with E-state index in [4.69, 9.17) is 0 Å². The van der Waals surface area contributed by atoms with Crippen molar-refractivity contribution >= 4 is 23.4 Å². The minimum Gasteiger partial charge on any atom is -0.323 e. The molecule has 0 saturated heterocycles. The molecule has 0 unspecified atom stereocenters. The topological polar surface area (TPSA) is 72.7 Å². The molecule has 2 heterocycles. The molecule has 3 aromatic rings. The van der Waals surface area contributed by atoms with Crippen LogP contribution in [-0.2, 0) is 11.3 Å². The number of amides is 1. The molecule has 3 rings (SSSR count). The van der Waals surface area contributed by atoms with E-state index in [0.717, 1.165) is 17.7 Å². The molecule has 1 N–H and O–H groups in total. The Hall–Kier alpha value is -3.07.